The van der Waals surface area contributed by atoms with Gasteiger partial charge in [0, 0.05) is 24.3 Å². The zero-order valence-electron chi connectivity index (χ0n) is 11.5. The fourth-order valence-corrected chi connectivity index (χ4v) is 2.69. The zero-order valence-corrected chi connectivity index (χ0v) is 11.5. The fraction of sp³-hybridized carbons (Fsp3) is 0.333. The van der Waals surface area contributed by atoms with E-state index in [1.165, 1.54) is 0 Å². The lowest BCUT2D eigenvalue weighted by Gasteiger charge is -2.27. The van der Waals surface area contributed by atoms with Gasteiger partial charge < -0.3 is 15.2 Å². The Morgan fingerprint density at radius 2 is 2.05 bits per heavy atom. The normalized spacial score (nSPS) is 14.2. The van der Waals surface area contributed by atoms with E-state index in [2.05, 4.69) is 23.6 Å². The topological polar surface area (TPSA) is 64.2 Å². The van der Waals surface area contributed by atoms with Crippen molar-refractivity contribution in [3.63, 3.8) is 0 Å². The molecule has 3 rings (SSSR count). The lowest BCUT2D eigenvalue weighted by atomic mass is 10.1. The Bertz CT molecular complexity index is 633. The number of fused-ring (bicyclic) bond motifs is 1. The lowest BCUT2D eigenvalue weighted by Crippen LogP contribution is -2.41. The summed E-state index contributed by atoms with van der Waals surface area (Å²) in [4.78, 5) is 18.2. The van der Waals surface area contributed by atoms with Crippen LogP contribution in [0.1, 0.15) is 11.5 Å². The third kappa shape index (κ3) is 2.10. The number of nitrogens with zero attached hydrogens (tertiary/aromatic N) is 3. The highest BCUT2D eigenvalue weighted by Gasteiger charge is 2.24. The van der Waals surface area contributed by atoms with E-state index in [1.54, 1.807) is 4.90 Å². The minimum absolute atomic E-state index is 0.0156. The van der Waals surface area contributed by atoms with E-state index in [-0.39, 0.29) is 12.5 Å². The number of hydrogen-bond acceptors (Lipinski definition) is 3. The Morgan fingerprint density at radius 3 is 2.75 bits per heavy atom. The van der Waals surface area contributed by atoms with Gasteiger partial charge in [-0.3, -0.25) is 4.79 Å². The number of nitrogens with two attached hydrogens (primary N) is 1. The molecular weight excluding hydrogens is 252 g/mol. The average molecular weight is 270 g/mol. The van der Waals surface area contributed by atoms with Crippen LogP contribution >= 0.6 is 0 Å². The number of carbonyl (C=O) groups excluding carboxylic acids is 1. The summed E-state index contributed by atoms with van der Waals surface area (Å²) in [5.41, 5.74) is 8.71. The van der Waals surface area contributed by atoms with E-state index in [0.29, 0.717) is 13.1 Å². The molecule has 2 aromatic rings. The first-order valence-electron chi connectivity index (χ1n) is 6.80. The van der Waals surface area contributed by atoms with E-state index in [9.17, 15) is 4.79 Å². The van der Waals surface area contributed by atoms with E-state index in [4.69, 9.17) is 10.7 Å². The maximum absolute atomic E-state index is 11.7. The van der Waals surface area contributed by atoms with Crippen LogP contribution in [0, 0.1) is 6.92 Å². The van der Waals surface area contributed by atoms with Crippen molar-refractivity contribution < 1.29 is 4.79 Å². The first-order valence-corrected chi connectivity index (χ1v) is 6.80. The highest BCUT2D eigenvalue weighted by Crippen LogP contribution is 2.25. The summed E-state index contributed by atoms with van der Waals surface area (Å²) in [5.74, 6) is 0.924. The van der Waals surface area contributed by atoms with Crippen molar-refractivity contribution >= 4 is 5.91 Å². The Morgan fingerprint density at radius 1 is 1.30 bits per heavy atom. The van der Waals surface area contributed by atoms with Gasteiger partial charge in [-0.2, -0.15) is 0 Å². The number of hydrogen-bond donors (Lipinski definition) is 1. The van der Waals surface area contributed by atoms with Gasteiger partial charge in [-0.25, -0.2) is 4.98 Å². The molecule has 0 atom stereocenters. The Kier molecular flexibility index (Phi) is 3.28. The first-order chi connectivity index (χ1) is 9.70. The highest BCUT2D eigenvalue weighted by molar-refractivity contribution is 5.78. The van der Waals surface area contributed by atoms with E-state index in [0.717, 1.165) is 29.3 Å². The molecule has 2 heterocycles. The molecule has 1 aromatic heterocycles. The highest BCUT2D eigenvalue weighted by atomic mass is 16.2. The van der Waals surface area contributed by atoms with Crippen LogP contribution in [-0.2, 0) is 17.9 Å². The molecule has 0 saturated heterocycles. The molecule has 104 valence electrons. The molecule has 0 unspecified atom stereocenters. The second-order valence-corrected chi connectivity index (χ2v) is 5.00. The van der Waals surface area contributed by atoms with Gasteiger partial charge in [0.15, 0.2) is 0 Å². The van der Waals surface area contributed by atoms with Crippen LogP contribution in [0.5, 0.6) is 0 Å². The number of benzene rings is 1. The van der Waals surface area contributed by atoms with Gasteiger partial charge in [-0.1, -0.05) is 30.3 Å². The van der Waals surface area contributed by atoms with Crippen LogP contribution in [0.3, 0.4) is 0 Å². The summed E-state index contributed by atoms with van der Waals surface area (Å²) < 4.78 is 2.20. The van der Waals surface area contributed by atoms with Crippen molar-refractivity contribution in [1.82, 2.24) is 14.5 Å². The maximum Gasteiger partial charge on any atom is 0.236 e. The van der Waals surface area contributed by atoms with Crippen molar-refractivity contribution in [1.29, 1.82) is 0 Å². The molecule has 2 N–H and O–H groups in total. The molecule has 1 aliphatic rings. The summed E-state index contributed by atoms with van der Waals surface area (Å²) in [6, 6.07) is 10.1. The van der Waals surface area contributed by atoms with Gasteiger partial charge in [-0.15, -0.1) is 0 Å². The van der Waals surface area contributed by atoms with Crippen LogP contribution in [0.15, 0.2) is 30.3 Å². The Balaban J connectivity index is 1.95. The maximum atomic E-state index is 11.7. The molecule has 0 fully saturated rings. The Labute approximate surface area is 118 Å². The van der Waals surface area contributed by atoms with Crippen LogP contribution in [-0.4, -0.2) is 33.4 Å². The predicted octanol–water partition coefficient (Wildman–Crippen LogP) is 1.16. The second-order valence-electron chi connectivity index (χ2n) is 5.00. The van der Waals surface area contributed by atoms with Gasteiger partial charge >= 0.3 is 0 Å². The number of aromatic nitrogens is 2. The minimum Gasteiger partial charge on any atom is -0.332 e. The molecule has 0 bridgehead atoms. The van der Waals surface area contributed by atoms with E-state index < -0.39 is 0 Å². The summed E-state index contributed by atoms with van der Waals surface area (Å²) in [6.07, 6.45) is 0. The van der Waals surface area contributed by atoms with Crippen molar-refractivity contribution in [3.05, 3.63) is 41.9 Å². The third-order valence-corrected chi connectivity index (χ3v) is 3.80. The number of amides is 1. The molecule has 1 aromatic carbocycles. The van der Waals surface area contributed by atoms with E-state index >= 15 is 0 Å². The quantitative estimate of drug-likeness (QED) is 0.890. The molecular formula is C15H18N4O. The summed E-state index contributed by atoms with van der Waals surface area (Å²) >= 11 is 0. The molecule has 0 spiro atoms. The largest absolute Gasteiger partial charge is 0.332 e. The first kappa shape index (κ1) is 12.9. The molecule has 5 nitrogen and oxygen atoms in total. The minimum atomic E-state index is -0.0156. The number of carbonyl (C=O) groups is 1. The number of imidazole rings is 1. The summed E-state index contributed by atoms with van der Waals surface area (Å²) in [5, 5.41) is 0. The smallest absolute Gasteiger partial charge is 0.236 e. The van der Waals surface area contributed by atoms with Gasteiger partial charge in [0.1, 0.15) is 5.82 Å². The standard InChI is InChI=1S/C15H18N4O/c1-11-15(12-5-3-2-4-6-12)17-13-10-18(14(20)9-16)7-8-19(11)13/h2-6H,7-10,16H2,1H3. The predicted molar refractivity (Wildman–Crippen MR) is 76.9 cm³/mol. The summed E-state index contributed by atoms with van der Waals surface area (Å²) in [7, 11) is 0. The van der Waals surface area contributed by atoms with Gasteiger partial charge in [0.25, 0.3) is 0 Å². The van der Waals surface area contributed by atoms with Crippen molar-refractivity contribution in [3.8, 4) is 11.3 Å². The molecule has 1 aliphatic heterocycles. The monoisotopic (exact) mass is 270 g/mol. The molecule has 0 aliphatic carbocycles. The zero-order chi connectivity index (χ0) is 14.1. The average Bonchev–Trinajstić information content (AvgIpc) is 2.84. The Hall–Kier alpha value is -2.14. The fourth-order valence-electron chi connectivity index (χ4n) is 2.69. The molecule has 0 radical (unpaired) electrons. The van der Waals surface area contributed by atoms with Crippen molar-refractivity contribution in [2.75, 3.05) is 13.1 Å². The van der Waals surface area contributed by atoms with Crippen LogP contribution in [0.4, 0.5) is 0 Å². The van der Waals surface area contributed by atoms with Crippen LogP contribution in [0.25, 0.3) is 11.3 Å². The van der Waals surface area contributed by atoms with Crippen molar-refractivity contribution in [2.45, 2.75) is 20.0 Å². The van der Waals surface area contributed by atoms with Gasteiger partial charge in [-0.05, 0) is 6.92 Å². The number of rotatable bonds is 2. The molecule has 20 heavy (non-hydrogen) atoms. The molecule has 0 saturated carbocycles. The van der Waals surface area contributed by atoms with E-state index in [1.807, 2.05) is 18.2 Å². The molecule has 1 amide bonds. The molecule has 5 heteroatoms. The van der Waals surface area contributed by atoms with Crippen LogP contribution in [0.2, 0.25) is 0 Å². The summed E-state index contributed by atoms with van der Waals surface area (Å²) in [6.45, 7) is 4.18. The third-order valence-electron chi connectivity index (χ3n) is 3.80. The lowest BCUT2D eigenvalue weighted by molar-refractivity contribution is -0.131. The van der Waals surface area contributed by atoms with Gasteiger partial charge in [0.2, 0.25) is 5.91 Å². The van der Waals surface area contributed by atoms with Crippen LogP contribution < -0.4 is 5.73 Å². The second kappa shape index (κ2) is 5.09. The van der Waals surface area contributed by atoms with Crippen molar-refractivity contribution in [2.24, 2.45) is 5.73 Å². The van der Waals surface area contributed by atoms with Gasteiger partial charge in [0.05, 0.1) is 18.8 Å². The SMILES string of the molecule is Cc1c(-c2ccccc2)nc2n1CCN(C(=O)CN)C2.